The zero-order chi connectivity index (χ0) is 37.9. The summed E-state index contributed by atoms with van der Waals surface area (Å²) in [5.74, 6) is -0.590. The lowest BCUT2D eigenvalue weighted by atomic mass is 9.87. The Morgan fingerprint density at radius 2 is 1.51 bits per heavy atom. The van der Waals surface area contributed by atoms with Crippen molar-refractivity contribution < 1.29 is 58.0 Å². The molecule has 0 aliphatic carbocycles. The van der Waals surface area contributed by atoms with Crippen LogP contribution in [-0.2, 0) is 32.9 Å². The lowest BCUT2D eigenvalue weighted by molar-refractivity contribution is -0.199. The molecule has 5 N–H and O–H groups in total. The molecule has 0 radical (unpaired) electrons. The summed E-state index contributed by atoms with van der Waals surface area (Å²) in [6.45, 7) is 5.63. The van der Waals surface area contributed by atoms with E-state index in [-0.39, 0.29) is 31.8 Å². The minimum Gasteiger partial charge on any atom is -0.462 e. The highest BCUT2D eigenvalue weighted by molar-refractivity contribution is 7.46. The number of unbranched alkanes of at least 4 members (excludes halogenated alkanes) is 10. The Labute approximate surface area is 306 Å². The van der Waals surface area contributed by atoms with Crippen LogP contribution in [-0.4, -0.2) is 81.0 Å². The molecular formula is C38H69O12P. The largest absolute Gasteiger partial charge is 0.469 e. The van der Waals surface area contributed by atoms with Gasteiger partial charge in [-0.25, -0.2) is 4.57 Å². The predicted molar refractivity (Wildman–Crippen MR) is 196 cm³/mol. The van der Waals surface area contributed by atoms with Crippen molar-refractivity contribution >= 4 is 19.8 Å². The first-order valence-corrected chi connectivity index (χ1v) is 21.0. The summed E-state index contributed by atoms with van der Waals surface area (Å²) in [4.78, 5) is 42.9. The zero-order valence-corrected chi connectivity index (χ0v) is 32.3. The highest BCUT2D eigenvalue weighted by Crippen LogP contribution is 2.36. The van der Waals surface area contributed by atoms with Gasteiger partial charge in [-0.15, -0.1) is 0 Å². The van der Waals surface area contributed by atoms with Gasteiger partial charge in [-0.1, -0.05) is 122 Å². The van der Waals surface area contributed by atoms with E-state index >= 15 is 0 Å². The van der Waals surface area contributed by atoms with Crippen LogP contribution < -0.4 is 0 Å². The average molecular weight is 749 g/mol. The molecule has 0 bridgehead atoms. The molecule has 0 spiro atoms. The third kappa shape index (κ3) is 25.9. The molecule has 1 heterocycles. The Kier molecular flexibility index (Phi) is 26.8. The number of aliphatic hydroxyl groups is 3. The number of phosphoric acid groups is 1. The lowest BCUT2D eigenvalue weighted by Crippen LogP contribution is -2.43. The van der Waals surface area contributed by atoms with Gasteiger partial charge in [-0.05, 0) is 38.0 Å². The van der Waals surface area contributed by atoms with E-state index in [9.17, 15) is 29.5 Å². The van der Waals surface area contributed by atoms with Gasteiger partial charge in [-0.3, -0.25) is 14.1 Å². The van der Waals surface area contributed by atoms with Crippen LogP contribution in [0.1, 0.15) is 149 Å². The molecule has 0 aromatic carbocycles. The number of esters is 2. The number of rotatable bonds is 30. The fourth-order valence-corrected chi connectivity index (χ4v) is 6.28. The van der Waals surface area contributed by atoms with Gasteiger partial charge in [0.1, 0.15) is 6.61 Å². The van der Waals surface area contributed by atoms with Crippen molar-refractivity contribution in [2.45, 2.75) is 180 Å². The Morgan fingerprint density at radius 1 is 0.863 bits per heavy atom. The molecule has 0 aromatic rings. The molecule has 0 aromatic heterocycles. The number of allylic oxidation sites excluding steroid dienone is 2. The van der Waals surface area contributed by atoms with Gasteiger partial charge in [0.25, 0.3) is 0 Å². The van der Waals surface area contributed by atoms with Gasteiger partial charge in [0, 0.05) is 25.2 Å². The Morgan fingerprint density at radius 3 is 2.18 bits per heavy atom. The Hall–Kier alpha value is -1.63. The predicted octanol–water partition coefficient (Wildman–Crippen LogP) is 7.20. The fourth-order valence-electron chi connectivity index (χ4n) is 5.92. The standard InChI is InChI=1S/C38H69O12P/c1-4-6-15-21-31(39)25-26-35-33(34(40)27-38(43)50-35)22-17-13-14-18-23-36(41)47-28-32(29-48-51(44,45)46)49-37(42)24-19-12-10-8-7-9-11-16-20-30(3)5-2/h13,17,25-26,30-35,38-40,43H,4-12,14-16,18-24,27-29H2,1-3H3,(H2,44,45,46)/b17-13-,26-25+/t30?,31-,32+,33-,34-,35+,38?/m0/s1. The summed E-state index contributed by atoms with van der Waals surface area (Å²) >= 11 is 0. The van der Waals surface area contributed by atoms with Gasteiger partial charge in [0.2, 0.25) is 0 Å². The van der Waals surface area contributed by atoms with Crippen LogP contribution in [0.25, 0.3) is 0 Å². The van der Waals surface area contributed by atoms with Crippen molar-refractivity contribution in [3.8, 4) is 0 Å². The van der Waals surface area contributed by atoms with E-state index < -0.39 is 57.1 Å². The van der Waals surface area contributed by atoms with Gasteiger partial charge in [0.15, 0.2) is 12.4 Å². The maximum Gasteiger partial charge on any atom is 0.469 e. The second-order valence-corrected chi connectivity index (χ2v) is 15.3. The van der Waals surface area contributed by atoms with Crippen molar-refractivity contribution in [1.29, 1.82) is 0 Å². The summed E-state index contributed by atoms with van der Waals surface area (Å²) in [5.41, 5.74) is 0. The monoisotopic (exact) mass is 748 g/mol. The van der Waals surface area contributed by atoms with Crippen molar-refractivity contribution in [1.82, 2.24) is 0 Å². The third-order valence-corrected chi connectivity index (χ3v) is 9.79. The van der Waals surface area contributed by atoms with E-state index in [4.69, 9.17) is 24.0 Å². The summed E-state index contributed by atoms with van der Waals surface area (Å²) in [7, 11) is -4.82. The minimum absolute atomic E-state index is 0.0743. The van der Waals surface area contributed by atoms with Crippen molar-refractivity contribution in [3.63, 3.8) is 0 Å². The second-order valence-electron chi connectivity index (χ2n) is 14.0. The highest BCUT2D eigenvalue weighted by Gasteiger charge is 2.35. The zero-order valence-electron chi connectivity index (χ0n) is 31.4. The number of phosphoric ester groups is 1. The molecule has 2 unspecified atom stereocenters. The lowest BCUT2D eigenvalue weighted by Gasteiger charge is -2.36. The molecule has 0 saturated carbocycles. The topological polar surface area (TPSA) is 189 Å². The number of carbonyl (C=O) groups is 2. The van der Waals surface area contributed by atoms with Crippen molar-refractivity contribution in [2.24, 2.45) is 11.8 Å². The molecule has 1 rings (SSSR count). The van der Waals surface area contributed by atoms with Crippen LogP contribution in [0.3, 0.4) is 0 Å². The first-order valence-electron chi connectivity index (χ1n) is 19.4. The molecule has 51 heavy (non-hydrogen) atoms. The van der Waals surface area contributed by atoms with E-state index in [2.05, 4.69) is 25.3 Å². The van der Waals surface area contributed by atoms with Gasteiger partial charge >= 0.3 is 19.8 Å². The molecule has 12 nitrogen and oxygen atoms in total. The fraction of sp³-hybridized carbons (Fsp3) is 0.842. The molecule has 1 saturated heterocycles. The van der Waals surface area contributed by atoms with Crippen molar-refractivity contribution in [2.75, 3.05) is 13.2 Å². The molecule has 1 fully saturated rings. The highest BCUT2D eigenvalue weighted by atomic mass is 31.2. The number of aliphatic hydroxyl groups excluding tert-OH is 3. The normalized spacial score (nSPS) is 21.6. The first-order chi connectivity index (χ1) is 24.3. The van der Waals surface area contributed by atoms with Crippen LogP contribution in [0.5, 0.6) is 0 Å². The van der Waals surface area contributed by atoms with E-state index in [0.29, 0.717) is 32.1 Å². The quantitative estimate of drug-likeness (QED) is 0.0215. The van der Waals surface area contributed by atoms with Crippen LogP contribution in [0.15, 0.2) is 24.3 Å². The molecule has 298 valence electrons. The third-order valence-electron chi connectivity index (χ3n) is 9.31. The van der Waals surface area contributed by atoms with E-state index in [1.807, 2.05) is 12.2 Å². The van der Waals surface area contributed by atoms with E-state index in [1.165, 1.54) is 38.5 Å². The van der Waals surface area contributed by atoms with E-state index in [1.54, 1.807) is 12.2 Å². The van der Waals surface area contributed by atoms with Gasteiger partial charge in [-0.2, -0.15) is 0 Å². The van der Waals surface area contributed by atoms with Gasteiger partial charge in [0.05, 0.1) is 24.9 Å². The molecule has 0 amide bonds. The molecule has 1 aliphatic rings. The van der Waals surface area contributed by atoms with Crippen LogP contribution in [0, 0.1) is 11.8 Å². The Balaban J connectivity index is 2.39. The molecule has 1 aliphatic heterocycles. The number of ether oxygens (including phenoxy) is 3. The van der Waals surface area contributed by atoms with E-state index in [0.717, 1.165) is 44.4 Å². The van der Waals surface area contributed by atoms with Gasteiger partial charge < -0.3 is 39.3 Å². The summed E-state index contributed by atoms with van der Waals surface area (Å²) in [6.07, 6.45) is 19.6. The molecular weight excluding hydrogens is 679 g/mol. The van der Waals surface area contributed by atoms with Crippen LogP contribution in [0.2, 0.25) is 0 Å². The first kappa shape index (κ1) is 47.4. The second kappa shape index (κ2) is 28.8. The molecule has 13 heteroatoms. The number of hydrogen-bond acceptors (Lipinski definition) is 10. The molecule has 7 atom stereocenters. The summed E-state index contributed by atoms with van der Waals surface area (Å²) in [6, 6.07) is 0. The van der Waals surface area contributed by atoms with Crippen molar-refractivity contribution in [3.05, 3.63) is 24.3 Å². The SMILES string of the molecule is CCCCC[C@H](O)/C=C/[C@H]1OC(O)C[C@H](O)[C@@H]1C/C=C\CCCC(=O)OC[C@H](COP(=O)(O)O)OC(=O)CCCCCCCCCCC(C)CC. The average Bonchev–Trinajstić information content (AvgIpc) is 3.07. The smallest absolute Gasteiger partial charge is 0.462 e. The summed E-state index contributed by atoms with van der Waals surface area (Å²) in [5, 5.41) is 30.8. The number of carbonyl (C=O) groups excluding carboxylic acids is 2. The number of hydrogen-bond donors (Lipinski definition) is 5. The maximum absolute atomic E-state index is 12.4. The van der Waals surface area contributed by atoms with Crippen LogP contribution >= 0.6 is 7.82 Å². The Bertz CT molecular complexity index is 1010. The van der Waals surface area contributed by atoms with Crippen LogP contribution in [0.4, 0.5) is 0 Å². The maximum atomic E-state index is 12.4. The minimum atomic E-state index is -4.82. The summed E-state index contributed by atoms with van der Waals surface area (Å²) < 4.78 is 31.9.